The van der Waals surface area contributed by atoms with E-state index in [4.69, 9.17) is 9.84 Å². The number of halogens is 3. The fraction of sp³-hybridized carbons (Fsp3) is 0.600. The van der Waals surface area contributed by atoms with E-state index in [0.717, 1.165) is 12.1 Å². The molecule has 0 saturated heterocycles. The highest BCUT2D eigenvalue weighted by Crippen LogP contribution is 2.27. The SMILES string of the molecule is CC1=CC(CN2CC=CN2CCO)=CNC1(C)OCC(F)(F)F. The molecule has 0 fully saturated rings. The molecule has 5 nitrogen and oxygen atoms in total. The van der Waals surface area contributed by atoms with Gasteiger partial charge in [-0.1, -0.05) is 12.2 Å². The first-order chi connectivity index (χ1) is 10.7. The first-order valence-corrected chi connectivity index (χ1v) is 7.39. The maximum absolute atomic E-state index is 12.3. The van der Waals surface area contributed by atoms with Crippen molar-refractivity contribution < 1.29 is 23.0 Å². The highest BCUT2D eigenvalue weighted by atomic mass is 19.4. The summed E-state index contributed by atoms with van der Waals surface area (Å²) in [5.41, 5.74) is 0.454. The Balaban J connectivity index is 1.95. The van der Waals surface area contributed by atoms with Crippen molar-refractivity contribution in [1.29, 1.82) is 0 Å². The topological polar surface area (TPSA) is 48.0 Å². The fourth-order valence-corrected chi connectivity index (χ4v) is 2.45. The average molecular weight is 333 g/mol. The third-order valence-corrected chi connectivity index (χ3v) is 3.86. The molecular formula is C15H22F3N3O2. The molecule has 2 N–H and O–H groups in total. The van der Waals surface area contributed by atoms with Gasteiger partial charge in [-0.2, -0.15) is 13.2 Å². The molecule has 0 amide bonds. The summed E-state index contributed by atoms with van der Waals surface area (Å²) < 4.78 is 42.0. The minimum Gasteiger partial charge on any atom is -0.394 e. The molecule has 0 bridgehead atoms. The van der Waals surface area contributed by atoms with Crippen molar-refractivity contribution in [3.8, 4) is 0 Å². The van der Waals surface area contributed by atoms with Crippen LogP contribution < -0.4 is 5.32 Å². The van der Waals surface area contributed by atoms with Gasteiger partial charge in [0, 0.05) is 25.5 Å². The van der Waals surface area contributed by atoms with Gasteiger partial charge in [0.25, 0.3) is 0 Å². The number of aliphatic hydroxyl groups excluding tert-OH is 1. The van der Waals surface area contributed by atoms with Crippen LogP contribution >= 0.6 is 0 Å². The molecule has 2 aliphatic rings. The van der Waals surface area contributed by atoms with Crippen LogP contribution in [0.5, 0.6) is 0 Å². The highest BCUT2D eigenvalue weighted by molar-refractivity contribution is 5.33. The normalized spacial score (nSPS) is 25.4. The average Bonchev–Trinajstić information content (AvgIpc) is 2.88. The first-order valence-electron chi connectivity index (χ1n) is 7.39. The molecule has 130 valence electrons. The fourth-order valence-electron chi connectivity index (χ4n) is 2.45. The summed E-state index contributed by atoms with van der Waals surface area (Å²) in [6, 6.07) is 0. The van der Waals surface area contributed by atoms with Gasteiger partial charge in [0.2, 0.25) is 0 Å². The number of β-amino-alcohol motifs (C(OH)–C–C–N with tert-alkyl or cyclic N) is 1. The molecule has 2 rings (SSSR count). The monoisotopic (exact) mass is 333 g/mol. The van der Waals surface area contributed by atoms with Crippen LogP contribution in [0.1, 0.15) is 13.8 Å². The van der Waals surface area contributed by atoms with E-state index in [1.807, 2.05) is 28.4 Å². The maximum atomic E-state index is 12.3. The minimum atomic E-state index is -4.36. The second-order valence-corrected chi connectivity index (χ2v) is 5.75. The van der Waals surface area contributed by atoms with E-state index in [1.165, 1.54) is 0 Å². The summed E-state index contributed by atoms with van der Waals surface area (Å²) in [5.74, 6) is 0. The van der Waals surface area contributed by atoms with Crippen molar-refractivity contribution in [2.24, 2.45) is 0 Å². The second kappa shape index (κ2) is 6.94. The van der Waals surface area contributed by atoms with Gasteiger partial charge in [-0.15, -0.1) is 0 Å². The Morgan fingerprint density at radius 1 is 1.43 bits per heavy atom. The number of ether oxygens (including phenoxy) is 1. The van der Waals surface area contributed by atoms with Crippen LogP contribution in [0.3, 0.4) is 0 Å². The molecule has 0 aromatic rings. The molecule has 0 aromatic heterocycles. The summed E-state index contributed by atoms with van der Waals surface area (Å²) in [6.45, 7) is 3.89. The first kappa shape index (κ1) is 17.8. The Labute approximate surface area is 133 Å². The lowest BCUT2D eigenvalue weighted by atomic mass is 10.00. The largest absolute Gasteiger partial charge is 0.411 e. The smallest absolute Gasteiger partial charge is 0.394 e. The van der Waals surface area contributed by atoms with Crippen molar-refractivity contribution >= 4 is 0 Å². The lowest BCUT2D eigenvalue weighted by Gasteiger charge is -2.36. The lowest BCUT2D eigenvalue weighted by molar-refractivity contribution is -0.199. The van der Waals surface area contributed by atoms with Gasteiger partial charge in [-0.05, 0) is 25.0 Å². The molecule has 8 heteroatoms. The molecule has 2 aliphatic heterocycles. The van der Waals surface area contributed by atoms with Crippen LogP contribution in [-0.2, 0) is 4.74 Å². The minimum absolute atomic E-state index is 0.0519. The number of aliphatic hydroxyl groups is 1. The number of hydrogen-bond acceptors (Lipinski definition) is 5. The van der Waals surface area contributed by atoms with E-state index in [1.54, 1.807) is 20.0 Å². The summed E-state index contributed by atoms with van der Waals surface area (Å²) in [4.78, 5) is 0. The van der Waals surface area contributed by atoms with Crippen LogP contribution in [0.25, 0.3) is 0 Å². The molecule has 1 unspecified atom stereocenters. The molecule has 0 saturated carbocycles. The quantitative estimate of drug-likeness (QED) is 0.776. The summed E-state index contributed by atoms with van der Waals surface area (Å²) in [7, 11) is 0. The number of rotatable bonds is 6. The third kappa shape index (κ3) is 4.73. The van der Waals surface area contributed by atoms with E-state index in [0.29, 0.717) is 18.7 Å². The van der Waals surface area contributed by atoms with Gasteiger partial charge >= 0.3 is 6.18 Å². The highest BCUT2D eigenvalue weighted by Gasteiger charge is 2.36. The van der Waals surface area contributed by atoms with Crippen molar-refractivity contribution in [2.75, 3.05) is 32.8 Å². The zero-order valence-electron chi connectivity index (χ0n) is 13.2. The van der Waals surface area contributed by atoms with E-state index in [9.17, 15) is 13.2 Å². The van der Waals surface area contributed by atoms with Gasteiger partial charge in [-0.3, -0.25) is 0 Å². The van der Waals surface area contributed by atoms with E-state index < -0.39 is 18.5 Å². The van der Waals surface area contributed by atoms with Crippen LogP contribution in [0.2, 0.25) is 0 Å². The summed E-state index contributed by atoms with van der Waals surface area (Å²) in [5, 5.41) is 15.9. The number of hydrazine groups is 1. The van der Waals surface area contributed by atoms with Crippen LogP contribution in [-0.4, -0.2) is 59.9 Å². The Morgan fingerprint density at radius 2 is 2.17 bits per heavy atom. The van der Waals surface area contributed by atoms with E-state index in [2.05, 4.69) is 5.32 Å². The number of nitrogens with one attached hydrogen (secondary N) is 1. The predicted molar refractivity (Wildman–Crippen MR) is 79.9 cm³/mol. The van der Waals surface area contributed by atoms with Gasteiger partial charge in [-0.25, -0.2) is 5.01 Å². The predicted octanol–water partition coefficient (Wildman–Crippen LogP) is 1.75. The van der Waals surface area contributed by atoms with Crippen LogP contribution in [0.15, 0.2) is 35.7 Å². The van der Waals surface area contributed by atoms with Gasteiger partial charge < -0.3 is 20.2 Å². The van der Waals surface area contributed by atoms with Gasteiger partial charge in [0.15, 0.2) is 5.72 Å². The Kier molecular flexibility index (Phi) is 5.38. The van der Waals surface area contributed by atoms with Gasteiger partial charge in [0.1, 0.15) is 6.61 Å². The molecule has 23 heavy (non-hydrogen) atoms. The maximum Gasteiger partial charge on any atom is 0.411 e. The number of alkyl halides is 3. The Morgan fingerprint density at radius 3 is 2.78 bits per heavy atom. The number of nitrogens with zero attached hydrogens (tertiary/aromatic N) is 2. The Bertz CT molecular complexity index is 517. The van der Waals surface area contributed by atoms with Crippen LogP contribution in [0, 0.1) is 0 Å². The molecule has 2 heterocycles. The second-order valence-electron chi connectivity index (χ2n) is 5.75. The summed E-state index contributed by atoms with van der Waals surface area (Å²) >= 11 is 0. The lowest BCUT2D eigenvalue weighted by Crippen LogP contribution is -2.47. The van der Waals surface area contributed by atoms with E-state index in [-0.39, 0.29) is 6.61 Å². The van der Waals surface area contributed by atoms with E-state index >= 15 is 0 Å². The van der Waals surface area contributed by atoms with Crippen LogP contribution in [0.4, 0.5) is 13.2 Å². The third-order valence-electron chi connectivity index (χ3n) is 3.86. The molecule has 0 spiro atoms. The molecule has 0 aromatic carbocycles. The number of hydrogen-bond donors (Lipinski definition) is 2. The van der Waals surface area contributed by atoms with Gasteiger partial charge in [0.05, 0.1) is 13.2 Å². The van der Waals surface area contributed by atoms with Crippen molar-refractivity contribution in [1.82, 2.24) is 15.3 Å². The Hall–Kier alpha value is -1.51. The molecule has 1 atom stereocenters. The number of dihydropyridines is 1. The summed E-state index contributed by atoms with van der Waals surface area (Å²) in [6.07, 6.45) is 3.04. The molecule has 0 aliphatic carbocycles. The van der Waals surface area contributed by atoms with Crippen molar-refractivity contribution in [3.63, 3.8) is 0 Å². The van der Waals surface area contributed by atoms with Crippen molar-refractivity contribution in [2.45, 2.75) is 25.7 Å². The molecule has 0 radical (unpaired) electrons. The molecular weight excluding hydrogens is 311 g/mol. The van der Waals surface area contributed by atoms with Crippen molar-refractivity contribution in [3.05, 3.63) is 35.7 Å². The zero-order valence-corrected chi connectivity index (χ0v) is 13.2. The standard InChI is InChI=1S/C15H22F3N3O2/c1-12-8-13(10-21-5-3-4-20(21)6-7-22)9-19-14(12,2)23-11-15(16,17)18/h3-4,8-9,19,22H,5-7,10-11H2,1-2H3. The zero-order chi connectivity index (χ0) is 17.1.